The molecule has 3 aromatic rings. The number of esters is 1. The van der Waals surface area contributed by atoms with Gasteiger partial charge in [0, 0.05) is 23.1 Å². The van der Waals surface area contributed by atoms with Crippen molar-refractivity contribution in [1.82, 2.24) is 10.2 Å². The Kier molecular flexibility index (Phi) is 2.94. The average molecular weight is 306 g/mol. The van der Waals surface area contributed by atoms with Gasteiger partial charge in [0.25, 0.3) is 0 Å². The van der Waals surface area contributed by atoms with Crippen molar-refractivity contribution in [3.05, 3.63) is 59.2 Å². The number of phenolic OH excluding ortho intramolecular Hbond substituents is 1. The third-order valence-electron chi connectivity index (χ3n) is 4.17. The van der Waals surface area contributed by atoms with Crippen LogP contribution >= 0.6 is 0 Å². The summed E-state index contributed by atoms with van der Waals surface area (Å²) in [5, 5.41) is 17.1. The summed E-state index contributed by atoms with van der Waals surface area (Å²) in [6.45, 7) is 0. The molecule has 1 aliphatic carbocycles. The van der Waals surface area contributed by atoms with Gasteiger partial charge in [0.15, 0.2) is 0 Å². The summed E-state index contributed by atoms with van der Waals surface area (Å²) in [5.74, 6) is -0.0856. The van der Waals surface area contributed by atoms with Crippen molar-refractivity contribution in [1.29, 1.82) is 0 Å². The second-order valence-corrected chi connectivity index (χ2v) is 5.51. The Morgan fingerprint density at radius 3 is 2.74 bits per heavy atom. The highest BCUT2D eigenvalue weighted by Crippen LogP contribution is 2.41. The van der Waals surface area contributed by atoms with Crippen LogP contribution in [0.1, 0.15) is 21.5 Å². The lowest BCUT2D eigenvalue weighted by atomic mass is 10.0. The fourth-order valence-corrected chi connectivity index (χ4v) is 3.04. The molecule has 0 radical (unpaired) electrons. The predicted molar refractivity (Wildman–Crippen MR) is 85.3 cm³/mol. The number of aromatic hydroxyl groups is 1. The summed E-state index contributed by atoms with van der Waals surface area (Å²) in [6.07, 6.45) is 0.726. The normalized spacial score (nSPS) is 11.9. The number of carbonyl (C=O) groups excluding carboxylic acids is 1. The van der Waals surface area contributed by atoms with E-state index in [1.54, 1.807) is 24.3 Å². The van der Waals surface area contributed by atoms with E-state index in [4.69, 9.17) is 4.74 Å². The first-order valence-corrected chi connectivity index (χ1v) is 7.25. The Hall–Kier alpha value is -3.08. The first-order valence-electron chi connectivity index (χ1n) is 7.25. The Labute approximate surface area is 132 Å². The maximum atomic E-state index is 11.5. The largest absolute Gasteiger partial charge is 0.508 e. The van der Waals surface area contributed by atoms with Crippen molar-refractivity contribution in [2.75, 3.05) is 7.11 Å². The zero-order chi connectivity index (χ0) is 16.0. The van der Waals surface area contributed by atoms with E-state index in [2.05, 4.69) is 10.2 Å². The van der Waals surface area contributed by atoms with Gasteiger partial charge in [0.2, 0.25) is 0 Å². The summed E-state index contributed by atoms with van der Waals surface area (Å²) in [5.41, 5.74) is 6.57. The zero-order valence-electron chi connectivity index (χ0n) is 12.5. The van der Waals surface area contributed by atoms with Gasteiger partial charge in [-0.25, -0.2) is 4.79 Å². The highest BCUT2D eigenvalue weighted by molar-refractivity contribution is 5.90. The Bertz CT molecular complexity index is 911. The molecule has 0 unspecified atom stereocenters. The Morgan fingerprint density at radius 1 is 1.22 bits per heavy atom. The molecule has 0 amide bonds. The quantitative estimate of drug-likeness (QED) is 0.558. The number of methoxy groups -OCH3 is 1. The molecule has 0 saturated carbocycles. The molecule has 0 fully saturated rings. The lowest BCUT2D eigenvalue weighted by molar-refractivity contribution is 0.0601. The first kappa shape index (κ1) is 13.6. The number of nitrogens with one attached hydrogen (secondary N) is 1. The number of carbonyl (C=O) groups is 1. The van der Waals surface area contributed by atoms with Gasteiger partial charge >= 0.3 is 5.97 Å². The molecule has 114 valence electrons. The number of nitrogens with zero attached hydrogens (tertiary/aromatic N) is 1. The van der Waals surface area contributed by atoms with Crippen molar-refractivity contribution in [2.24, 2.45) is 0 Å². The molecule has 2 N–H and O–H groups in total. The van der Waals surface area contributed by atoms with Crippen molar-refractivity contribution < 1.29 is 14.6 Å². The van der Waals surface area contributed by atoms with Crippen LogP contribution in [0.2, 0.25) is 0 Å². The monoisotopic (exact) mass is 306 g/mol. The van der Waals surface area contributed by atoms with E-state index in [-0.39, 0.29) is 11.7 Å². The van der Waals surface area contributed by atoms with Crippen LogP contribution < -0.4 is 0 Å². The number of H-pyrrole nitrogens is 1. The van der Waals surface area contributed by atoms with Crippen LogP contribution in [0.25, 0.3) is 22.5 Å². The minimum absolute atomic E-state index is 0.269. The molecule has 5 nitrogen and oxygen atoms in total. The second kappa shape index (κ2) is 4.98. The smallest absolute Gasteiger partial charge is 0.337 e. The summed E-state index contributed by atoms with van der Waals surface area (Å²) < 4.78 is 4.71. The van der Waals surface area contributed by atoms with Crippen LogP contribution in [0, 0.1) is 0 Å². The number of ether oxygens (including phenoxy) is 1. The number of rotatable bonds is 2. The number of fused-ring (bicyclic) bond motifs is 3. The molecular weight excluding hydrogens is 292 g/mol. The molecule has 0 bridgehead atoms. The van der Waals surface area contributed by atoms with E-state index in [0.717, 1.165) is 40.1 Å². The third kappa shape index (κ3) is 2.09. The standard InChI is InChI=1S/C18H14N2O3/c1-23-18(22)11-4-2-10(3-5-11)16-15-9-12-8-13(21)6-7-14(12)17(15)20-19-16/h2-8,21H,9H2,1H3,(H,19,20). The van der Waals surface area contributed by atoms with Gasteiger partial charge in [-0.05, 0) is 35.9 Å². The molecule has 4 rings (SSSR count). The predicted octanol–water partition coefficient (Wildman–Crippen LogP) is 3.14. The van der Waals surface area contributed by atoms with Crippen LogP contribution in [0.3, 0.4) is 0 Å². The highest BCUT2D eigenvalue weighted by atomic mass is 16.5. The summed E-state index contributed by atoms with van der Waals surface area (Å²) in [6, 6.07) is 12.6. The second-order valence-electron chi connectivity index (χ2n) is 5.51. The summed E-state index contributed by atoms with van der Waals surface area (Å²) in [7, 11) is 1.36. The molecule has 2 aromatic carbocycles. The van der Waals surface area contributed by atoms with Crippen molar-refractivity contribution in [3.8, 4) is 28.3 Å². The van der Waals surface area contributed by atoms with E-state index in [1.165, 1.54) is 7.11 Å². The fraction of sp³-hybridized carbons (Fsp3) is 0.111. The number of aromatic amines is 1. The number of aromatic nitrogens is 2. The molecule has 1 heterocycles. The number of benzene rings is 2. The van der Waals surface area contributed by atoms with Gasteiger partial charge in [0.05, 0.1) is 24.1 Å². The molecule has 0 saturated heterocycles. The molecule has 0 spiro atoms. The Balaban J connectivity index is 1.73. The van der Waals surface area contributed by atoms with E-state index >= 15 is 0 Å². The van der Waals surface area contributed by atoms with Crippen molar-refractivity contribution >= 4 is 5.97 Å². The minimum Gasteiger partial charge on any atom is -0.508 e. The number of hydrogen-bond acceptors (Lipinski definition) is 4. The minimum atomic E-state index is -0.355. The maximum absolute atomic E-state index is 11.5. The molecule has 0 atom stereocenters. The van der Waals surface area contributed by atoms with Crippen LogP contribution in [-0.4, -0.2) is 28.4 Å². The van der Waals surface area contributed by atoms with Gasteiger partial charge in [-0.2, -0.15) is 5.10 Å². The molecule has 23 heavy (non-hydrogen) atoms. The van der Waals surface area contributed by atoms with Crippen LogP contribution in [0.4, 0.5) is 0 Å². The summed E-state index contributed by atoms with van der Waals surface area (Å²) >= 11 is 0. The van der Waals surface area contributed by atoms with Crippen molar-refractivity contribution in [2.45, 2.75) is 6.42 Å². The fourth-order valence-electron chi connectivity index (χ4n) is 3.04. The SMILES string of the molecule is COC(=O)c1ccc(-c2n[nH]c3c2Cc2cc(O)ccc2-3)cc1. The van der Waals surface area contributed by atoms with Gasteiger partial charge in [-0.15, -0.1) is 0 Å². The number of phenols is 1. The lowest BCUT2D eigenvalue weighted by Crippen LogP contribution is -2.00. The highest BCUT2D eigenvalue weighted by Gasteiger charge is 2.25. The average Bonchev–Trinajstić information content (AvgIpc) is 3.12. The molecule has 1 aliphatic rings. The maximum Gasteiger partial charge on any atom is 0.337 e. The van der Waals surface area contributed by atoms with Gasteiger partial charge in [-0.3, -0.25) is 5.10 Å². The molecule has 1 aromatic heterocycles. The van der Waals surface area contributed by atoms with E-state index in [1.807, 2.05) is 18.2 Å². The molecule has 0 aliphatic heterocycles. The Morgan fingerprint density at radius 2 is 2.00 bits per heavy atom. The topological polar surface area (TPSA) is 75.2 Å². The van der Waals surface area contributed by atoms with Crippen LogP contribution in [-0.2, 0) is 11.2 Å². The van der Waals surface area contributed by atoms with Crippen LogP contribution in [0.15, 0.2) is 42.5 Å². The lowest BCUT2D eigenvalue weighted by Gasteiger charge is -2.03. The van der Waals surface area contributed by atoms with Gasteiger partial charge in [-0.1, -0.05) is 12.1 Å². The van der Waals surface area contributed by atoms with E-state index in [9.17, 15) is 9.90 Å². The molecule has 5 heteroatoms. The van der Waals surface area contributed by atoms with E-state index < -0.39 is 0 Å². The van der Waals surface area contributed by atoms with Gasteiger partial charge < -0.3 is 9.84 Å². The number of hydrogen-bond donors (Lipinski definition) is 2. The van der Waals surface area contributed by atoms with Gasteiger partial charge in [0.1, 0.15) is 5.75 Å². The molecular formula is C18H14N2O3. The van der Waals surface area contributed by atoms with Crippen LogP contribution in [0.5, 0.6) is 5.75 Å². The van der Waals surface area contributed by atoms with E-state index in [0.29, 0.717) is 5.56 Å². The summed E-state index contributed by atoms with van der Waals surface area (Å²) in [4.78, 5) is 11.5. The van der Waals surface area contributed by atoms with Crippen molar-refractivity contribution in [3.63, 3.8) is 0 Å². The zero-order valence-corrected chi connectivity index (χ0v) is 12.5. The third-order valence-corrected chi connectivity index (χ3v) is 4.17. The first-order chi connectivity index (χ1) is 11.2.